The average molecular weight is 275 g/mol. The van der Waals surface area contributed by atoms with Crippen molar-refractivity contribution in [1.29, 1.82) is 0 Å². The van der Waals surface area contributed by atoms with Gasteiger partial charge in [-0.2, -0.15) is 0 Å². The lowest BCUT2D eigenvalue weighted by Crippen LogP contribution is -2.18. The zero-order valence-corrected chi connectivity index (χ0v) is 11.8. The highest BCUT2D eigenvalue weighted by molar-refractivity contribution is 5.13. The molecule has 1 N–H and O–H groups in total. The van der Waals surface area contributed by atoms with Gasteiger partial charge in [-0.1, -0.05) is 30.3 Å². The van der Waals surface area contributed by atoms with Gasteiger partial charge < -0.3 is 19.4 Å². The zero-order valence-electron chi connectivity index (χ0n) is 11.8. The van der Waals surface area contributed by atoms with Gasteiger partial charge in [-0.25, -0.2) is 4.98 Å². The van der Waals surface area contributed by atoms with E-state index < -0.39 is 0 Å². The van der Waals surface area contributed by atoms with Gasteiger partial charge in [0.05, 0.1) is 25.2 Å². The Balaban J connectivity index is 1.67. The van der Waals surface area contributed by atoms with Crippen molar-refractivity contribution in [2.45, 2.75) is 19.9 Å². The maximum Gasteiger partial charge on any atom is 0.124 e. The summed E-state index contributed by atoms with van der Waals surface area (Å²) in [5, 5.41) is 3.26. The molecule has 1 aromatic heterocycles. The summed E-state index contributed by atoms with van der Waals surface area (Å²) in [6.45, 7) is 3.41. The van der Waals surface area contributed by atoms with Gasteiger partial charge in [-0.05, 0) is 5.56 Å². The minimum atomic E-state index is 0.514. The standard InChI is InChI=1S/C15H21N3O2/c1-19-8-7-16-9-15-10-18(12-17-15)13-20-11-14-5-3-2-4-6-14/h2-6,10,12,16H,7-9,11,13H2,1H3. The van der Waals surface area contributed by atoms with Crippen LogP contribution in [-0.2, 0) is 29.4 Å². The Morgan fingerprint density at radius 3 is 2.90 bits per heavy atom. The summed E-state index contributed by atoms with van der Waals surface area (Å²) in [6, 6.07) is 10.1. The molecule has 0 amide bonds. The van der Waals surface area contributed by atoms with Crippen LogP contribution in [0.5, 0.6) is 0 Å². The highest BCUT2D eigenvalue weighted by atomic mass is 16.5. The number of rotatable bonds is 9. The maximum atomic E-state index is 5.64. The first-order valence-electron chi connectivity index (χ1n) is 6.70. The largest absolute Gasteiger partial charge is 0.383 e. The Morgan fingerprint density at radius 2 is 2.10 bits per heavy atom. The van der Waals surface area contributed by atoms with E-state index in [0.29, 0.717) is 19.9 Å². The van der Waals surface area contributed by atoms with Gasteiger partial charge in [-0.15, -0.1) is 0 Å². The van der Waals surface area contributed by atoms with Gasteiger partial charge in [0.15, 0.2) is 0 Å². The van der Waals surface area contributed by atoms with Crippen LogP contribution in [0.1, 0.15) is 11.3 Å². The number of aromatic nitrogens is 2. The van der Waals surface area contributed by atoms with Gasteiger partial charge >= 0.3 is 0 Å². The smallest absolute Gasteiger partial charge is 0.124 e. The Bertz CT molecular complexity index is 485. The first-order valence-corrected chi connectivity index (χ1v) is 6.70. The molecule has 0 saturated heterocycles. The lowest BCUT2D eigenvalue weighted by atomic mass is 10.2. The van der Waals surface area contributed by atoms with E-state index >= 15 is 0 Å². The Labute approximate surface area is 119 Å². The highest BCUT2D eigenvalue weighted by Gasteiger charge is 1.99. The topological polar surface area (TPSA) is 48.3 Å². The number of hydrogen-bond acceptors (Lipinski definition) is 4. The molecule has 0 aliphatic rings. The van der Waals surface area contributed by atoms with E-state index in [0.717, 1.165) is 18.8 Å². The molecule has 1 heterocycles. The zero-order chi connectivity index (χ0) is 14.0. The molecule has 0 bridgehead atoms. The van der Waals surface area contributed by atoms with Gasteiger partial charge in [0.25, 0.3) is 0 Å². The normalized spacial score (nSPS) is 10.8. The minimum absolute atomic E-state index is 0.514. The second-order valence-corrected chi connectivity index (χ2v) is 4.51. The van der Waals surface area contributed by atoms with Crippen molar-refractivity contribution in [2.24, 2.45) is 0 Å². The van der Waals surface area contributed by atoms with Crippen LogP contribution in [0.3, 0.4) is 0 Å². The lowest BCUT2D eigenvalue weighted by Gasteiger charge is -2.04. The van der Waals surface area contributed by atoms with Crippen LogP contribution in [0, 0.1) is 0 Å². The molecule has 0 fully saturated rings. The number of nitrogens with zero attached hydrogens (tertiary/aromatic N) is 2. The quantitative estimate of drug-likeness (QED) is 0.709. The first kappa shape index (κ1) is 14.7. The summed E-state index contributed by atoms with van der Waals surface area (Å²) in [6.07, 6.45) is 3.78. The lowest BCUT2D eigenvalue weighted by molar-refractivity contribution is 0.0639. The predicted octanol–water partition coefficient (Wildman–Crippen LogP) is 1.79. The molecular formula is C15H21N3O2. The third-order valence-electron chi connectivity index (χ3n) is 2.83. The van der Waals surface area contributed by atoms with Crippen molar-refractivity contribution in [2.75, 3.05) is 20.3 Å². The van der Waals surface area contributed by atoms with Crippen LogP contribution in [0.15, 0.2) is 42.9 Å². The highest BCUT2D eigenvalue weighted by Crippen LogP contribution is 2.02. The number of ether oxygens (including phenoxy) is 2. The third-order valence-corrected chi connectivity index (χ3v) is 2.83. The molecule has 0 saturated carbocycles. The van der Waals surface area contributed by atoms with E-state index in [1.807, 2.05) is 29.0 Å². The van der Waals surface area contributed by atoms with Gasteiger partial charge in [0.1, 0.15) is 6.73 Å². The van der Waals surface area contributed by atoms with Crippen LogP contribution in [0.2, 0.25) is 0 Å². The van der Waals surface area contributed by atoms with Gasteiger partial charge in [0.2, 0.25) is 0 Å². The fourth-order valence-corrected chi connectivity index (χ4v) is 1.80. The van der Waals surface area contributed by atoms with Crippen molar-refractivity contribution in [3.63, 3.8) is 0 Å². The van der Waals surface area contributed by atoms with Crippen molar-refractivity contribution >= 4 is 0 Å². The Hall–Kier alpha value is -1.69. The van der Waals surface area contributed by atoms with Crippen LogP contribution < -0.4 is 5.32 Å². The van der Waals surface area contributed by atoms with E-state index in [4.69, 9.17) is 9.47 Å². The number of hydrogen-bond donors (Lipinski definition) is 1. The molecule has 108 valence electrons. The summed E-state index contributed by atoms with van der Waals surface area (Å²) >= 11 is 0. The summed E-state index contributed by atoms with van der Waals surface area (Å²) in [5.41, 5.74) is 2.18. The molecule has 0 radical (unpaired) electrons. The van der Waals surface area contributed by atoms with Gasteiger partial charge in [-0.3, -0.25) is 0 Å². The second kappa shape index (κ2) is 8.47. The fraction of sp³-hybridized carbons (Fsp3) is 0.400. The Morgan fingerprint density at radius 1 is 1.25 bits per heavy atom. The fourth-order valence-electron chi connectivity index (χ4n) is 1.80. The molecule has 5 nitrogen and oxygen atoms in total. The van der Waals surface area contributed by atoms with E-state index in [2.05, 4.69) is 22.4 Å². The minimum Gasteiger partial charge on any atom is -0.383 e. The number of nitrogens with one attached hydrogen (secondary N) is 1. The van der Waals surface area contributed by atoms with E-state index in [-0.39, 0.29) is 0 Å². The molecule has 0 spiro atoms. The van der Waals surface area contributed by atoms with E-state index in [1.165, 1.54) is 5.56 Å². The number of methoxy groups -OCH3 is 1. The second-order valence-electron chi connectivity index (χ2n) is 4.51. The molecular weight excluding hydrogens is 254 g/mol. The third kappa shape index (κ3) is 5.13. The van der Waals surface area contributed by atoms with Crippen molar-refractivity contribution in [3.05, 3.63) is 54.1 Å². The molecule has 2 aromatic rings. The van der Waals surface area contributed by atoms with Crippen molar-refractivity contribution in [3.8, 4) is 0 Å². The maximum absolute atomic E-state index is 5.64. The average Bonchev–Trinajstić information content (AvgIpc) is 2.93. The summed E-state index contributed by atoms with van der Waals surface area (Å²) in [4.78, 5) is 4.32. The van der Waals surface area contributed by atoms with Crippen molar-refractivity contribution in [1.82, 2.24) is 14.9 Å². The number of benzene rings is 1. The molecule has 0 atom stereocenters. The number of imidazole rings is 1. The first-order chi connectivity index (χ1) is 9.88. The van der Waals surface area contributed by atoms with Crippen LogP contribution in [-0.4, -0.2) is 29.8 Å². The van der Waals surface area contributed by atoms with Crippen molar-refractivity contribution < 1.29 is 9.47 Å². The van der Waals surface area contributed by atoms with Gasteiger partial charge in [0, 0.05) is 26.4 Å². The summed E-state index contributed by atoms with van der Waals surface area (Å²) < 4.78 is 12.6. The molecule has 2 rings (SSSR count). The molecule has 0 unspecified atom stereocenters. The van der Waals surface area contributed by atoms with Crippen LogP contribution in [0.4, 0.5) is 0 Å². The van der Waals surface area contributed by atoms with Crippen LogP contribution in [0.25, 0.3) is 0 Å². The molecule has 0 aliphatic carbocycles. The molecule has 0 aliphatic heterocycles. The summed E-state index contributed by atoms with van der Waals surface area (Å²) in [5.74, 6) is 0. The molecule has 5 heteroatoms. The predicted molar refractivity (Wildman–Crippen MR) is 77.0 cm³/mol. The summed E-state index contributed by atoms with van der Waals surface area (Å²) in [7, 11) is 1.69. The van der Waals surface area contributed by atoms with E-state index in [1.54, 1.807) is 13.4 Å². The van der Waals surface area contributed by atoms with E-state index in [9.17, 15) is 0 Å². The SMILES string of the molecule is COCCNCc1cn(COCc2ccccc2)cn1. The van der Waals surface area contributed by atoms with Crippen LogP contribution >= 0.6 is 0 Å². The monoisotopic (exact) mass is 275 g/mol. The Kier molecular flexibility index (Phi) is 6.23. The molecule has 20 heavy (non-hydrogen) atoms. The molecule has 1 aromatic carbocycles.